The van der Waals surface area contributed by atoms with Crippen LogP contribution in [-0.4, -0.2) is 6.71 Å². The summed E-state index contributed by atoms with van der Waals surface area (Å²) in [6, 6.07) is 40.8. The standard InChI is InChI=1S/C48H45BN2/c1-3-8-36(9-4-1)50-44-12-7-13-45-48(44)49(42-24-38-32-16-28-14-29(17-32)21-34(20-28)40(38)26-46(42)50)43-25-39-33-18-30-15-31(19-33)23-35(22-30)41(39)27-47(43)51(45)37-10-5-2-6-11-37/h1-13,24-35H,14-23H2. The molecule has 0 spiro atoms. The van der Waals surface area contributed by atoms with E-state index in [2.05, 4.69) is 113 Å². The molecule has 0 aromatic heterocycles. The lowest BCUT2D eigenvalue weighted by Crippen LogP contribution is -2.61. The number of anilines is 6. The zero-order valence-electron chi connectivity index (χ0n) is 29.5. The Balaban J connectivity index is 1.12. The van der Waals surface area contributed by atoms with Gasteiger partial charge in [-0.1, -0.05) is 54.6 Å². The molecule has 5 aromatic carbocycles. The van der Waals surface area contributed by atoms with Crippen LogP contribution in [0.15, 0.2) is 103 Å². The molecular formula is C48H45BN2. The van der Waals surface area contributed by atoms with Gasteiger partial charge in [0.05, 0.1) is 0 Å². The summed E-state index contributed by atoms with van der Waals surface area (Å²) in [5.74, 6) is 6.57. The third kappa shape index (κ3) is 3.91. The minimum Gasteiger partial charge on any atom is -0.311 e. The zero-order valence-corrected chi connectivity index (χ0v) is 29.5. The minimum absolute atomic E-state index is 0.229. The molecule has 0 radical (unpaired) electrons. The van der Waals surface area contributed by atoms with Crippen LogP contribution in [0.4, 0.5) is 34.1 Å². The second-order valence-corrected chi connectivity index (χ2v) is 18.2. The summed E-state index contributed by atoms with van der Waals surface area (Å²) >= 11 is 0. The Morgan fingerprint density at radius 3 is 1.14 bits per heavy atom. The quantitative estimate of drug-likeness (QED) is 0.170. The molecule has 10 aliphatic rings. The molecule has 0 N–H and O–H groups in total. The molecule has 4 saturated carbocycles. The van der Waals surface area contributed by atoms with Crippen LogP contribution in [0, 0.1) is 23.7 Å². The smallest absolute Gasteiger partial charge is 0.252 e. The molecule has 0 amide bonds. The highest BCUT2D eigenvalue weighted by Gasteiger charge is 2.49. The van der Waals surface area contributed by atoms with E-state index in [1.165, 1.54) is 104 Å². The van der Waals surface area contributed by atoms with E-state index in [0.717, 1.165) is 47.3 Å². The van der Waals surface area contributed by atoms with Gasteiger partial charge in [0.1, 0.15) is 0 Å². The lowest BCUT2D eigenvalue weighted by Gasteiger charge is -2.45. The van der Waals surface area contributed by atoms with E-state index in [4.69, 9.17) is 0 Å². The summed E-state index contributed by atoms with van der Waals surface area (Å²) in [7, 11) is 0. The number of para-hydroxylation sites is 2. The van der Waals surface area contributed by atoms with Gasteiger partial charge in [0, 0.05) is 34.1 Å². The Morgan fingerprint density at radius 1 is 0.373 bits per heavy atom. The molecule has 3 heteroatoms. The topological polar surface area (TPSA) is 6.48 Å². The average molecular weight is 661 g/mol. The summed E-state index contributed by atoms with van der Waals surface area (Å²) < 4.78 is 0. The highest BCUT2D eigenvalue weighted by molar-refractivity contribution is 7.00. The Kier molecular flexibility index (Phi) is 5.68. The zero-order chi connectivity index (χ0) is 32.9. The first-order chi connectivity index (χ1) is 25.2. The summed E-state index contributed by atoms with van der Waals surface area (Å²) in [6.45, 7) is 0.229. The van der Waals surface area contributed by atoms with Crippen LogP contribution < -0.4 is 26.2 Å². The Morgan fingerprint density at radius 2 is 0.745 bits per heavy atom. The van der Waals surface area contributed by atoms with E-state index >= 15 is 0 Å². The molecule has 15 rings (SSSR count). The maximum Gasteiger partial charge on any atom is 0.252 e. The maximum absolute atomic E-state index is 2.79. The van der Waals surface area contributed by atoms with E-state index in [-0.39, 0.29) is 6.71 Å². The van der Waals surface area contributed by atoms with Crippen molar-refractivity contribution in [2.75, 3.05) is 9.80 Å². The van der Waals surface area contributed by atoms with Crippen LogP contribution in [-0.2, 0) is 0 Å². The molecule has 2 nitrogen and oxygen atoms in total. The first-order valence-electron chi connectivity index (χ1n) is 20.4. The van der Waals surface area contributed by atoms with Crippen molar-refractivity contribution in [3.63, 3.8) is 0 Å². The molecule has 2 heterocycles. The molecule has 250 valence electrons. The fourth-order valence-corrected chi connectivity index (χ4v) is 13.9. The molecule has 5 aromatic rings. The van der Waals surface area contributed by atoms with Gasteiger partial charge in [-0.05, 0) is 199 Å². The van der Waals surface area contributed by atoms with E-state index < -0.39 is 0 Å². The van der Waals surface area contributed by atoms with Gasteiger partial charge in [0.15, 0.2) is 0 Å². The van der Waals surface area contributed by atoms with Gasteiger partial charge in [-0.3, -0.25) is 0 Å². The van der Waals surface area contributed by atoms with E-state index in [0.29, 0.717) is 0 Å². The van der Waals surface area contributed by atoms with Crippen molar-refractivity contribution in [2.45, 2.75) is 87.9 Å². The highest BCUT2D eigenvalue weighted by atomic mass is 15.2. The number of benzene rings is 5. The number of fused-ring (bicyclic) bond motifs is 4. The van der Waals surface area contributed by atoms with Gasteiger partial charge >= 0.3 is 0 Å². The minimum atomic E-state index is 0.229. The van der Waals surface area contributed by atoms with Crippen molar-refractivity contribution >= 4 is 57.2 Å². The van der Waals surface area contributed by atoms with Crippen LogP contribution >= 0.6 is 0 Å². The van der Waals surface area contributed by atoms with Crippen molar-refractivity contribution in [2.24, 2.45) is 23.7 Å². The van der Waals surface area contributed by atoms with Crippen LogP contribution in [0.5, 0.6) is 0 Å². The molecule has 4 unspecified atom stereocenters. The molecule has 4 fully saturated rings. The predicted molar refractivity (Wildman–Crippen MR) is 212 cm³/mol. The van der Waals surface area contributed by atoms with Gasteiger partial charge in [-0.15, -0.1) is 0 Å². The third-order valence-electron chi connectivity index (χ3n) is 15.5. The second kappa shape index (κ2) is 10.2. The van der Waals surface area contributed by atoms with Crippen LogP contribution in [0.1, 0.15) is 110 Å². The van der Waals surface area contributed by atoms with Gasteiger partial charge < -0.3 is 9.80 Å². The molecule has 8 aliphatic carbocycles. The number of hydrogen-bond acceptors (Lipinski definition) is 2. The number of rotatable bonds is 2. The molecule has 0 saturated heterocycles. The molecular weight excluding hydrogens is 615 g/mol. The lowest BCUT2D eigenvalue weighted by molar-refractivity contribution is 0.165. The predicted octanol–water partition coefficient (Wildman–Crippen LogP) is 10.6. The van der Waals surface area contributed by atoms with Crippen LogP contribution in [0.3, 0.4) is 0 Å². The van der Waals surface area contributed by atoms with Crippen molar-refractivity contribution in [1.29, 1.82) is 0 Å². The summed E-state index contributed by atoms with van der Waals surface area (Å²) in [5, 5.41) is 0. The Bertz CT molecular complexity index is 2080. The fraction of sp³-hybridized carbons (Fsp3) is 0.375. The summed E-state index contributed by atoms with van der Waals surface area (Å²) in [4.78, 5) is 5.30. The monoisotopic (exact) mass is 660 g/mol. The fourth-order valence-electron chi connectivity index (χ4n) is 13.9. The number of nitrogens with zero attached hydrogens (tertiary/aromatic N) is 2. The van der Waals surface area contributed by atoms with Gasteiger partial charge in [0.25, 0.3) is 6.71 Å². The Hall–Kier alpha value is -4.24. The summed E-state index contributed by atoms with van der Waals surface area (Å²) in [5.41, 5.74) is 19.5. The van der Waals surface area contributed by atoms with Crippen LogP contribution in [0.2, 0.25) is 0 Å². The summed E-state index contributed by atoms with van der Waals surface area (Å²) in [6.07, 6.45) is 14.2. The van der Waals surface area contributed by atoms with E-state index in [9.17, 15) is 0 Å². The first-order valence-corrected chi connectivity index (χ1v) is 20.4. The first kappa shape index (κ1) is 28.4. The van der Waals surface area contributed by atoms with Crippen LogP contribution in [0.25, 0.3) is 0 Å². The average Bonchev–Trinajstić information content (AvgIpc) is 3.43. The Labute approximate surface area is 303 Å². The van der Waals surface area contributed by atoms with Gasteiger partial charge in [-0.25, -0.2) is 0 Å². The SMILES string of the molecule is c1ccc(N2c3cc4c(cc3B3c5cc6c(cc5N(c5ccccc5)c5cccc2c53)C2CC3CC(CC6C3)C2)C2CC3CC(C2)CC4C3)cc1. The van der Waals surface area contributed by atoms with Gasteiger partial charge in [-0.2, -0.15) is 0 Å². The lowest BCUT2D eigenvalue weighted by atomic mass is 9.33. The third-order valence-corrected chi connectivity index (χ3v) is 15.5. The molecule has 51 heavy (non-hydrogen) atoms. The largest absolute Gasteiger partial charge is 0.311 e. The van der Waals surface area contributed by atoms with Crippen molar-refractivity contribution < 1.29 is 0 Å². The molecule has 8 bridgehead atoms. The number of hydrogen-bond donors (Lipinski definition) is 0. The normalized spacial score (nSPS) is 31.0. The second-order valence-electron chi connectivity index (χ2n) is 18.2. The van der Waals surface area contributed by atoms with Crippen molar-refractivity contribution in [3.05, 3.63) is 125 Å². The molecule has 2 aliphatic heterocycles. The van der Waals surface area contributed by atoms with Crippen molar-refractivity contribution in [3.8, 4) is 0 Å². The highest BCUT2D eigenvalue weighted by Crippen LogP contribution is 2.59. The van der Waals surface area contributed by atoms with Gasteiger partial charge in [0.2, 0.25) is 0 Å². The van der Waals surface area contributed by atoms with Crippen molar-refractivity contribution in [1.82, 2.24) is 0 Å². The van der Waals surface area contributed by atoms with E-state index in [1.54, 1.807) is 33.2 Å². The maximum atomic E-state index is 2.79. The molecule has 4 atom stereocenters. The van der Waals surface area contributed by atoms with E-state index in [1.807, 2.05) is 0 Å².